The second-order valence-corrected chi connectivity index (χ2v) is 8.40. The minimum absolute atomic E-state index is 0.0432. The van der Waals surface area contributed by atoms with Crippen molar-refractivity contribution in [1.82, 2.24) is 29.6 Å². The van der Waals surface area contributed by atoms with Gasteiger partial charge in [0.1, 0.15) is 30.8 Å². The van der Waals surface area contributed by atoms with Gasteiger partial charge in [0.15, 0.2) is 17.4 Å². The van der Waals surface area contributed by atoms with Gasteiger partial charge in [-0.25, -0.2) is 9.78 Å². The number of aromatic amines is 1. The van der Waals surface area contributed by atoms with E-state index in [1.807, 2.05) is 0 Å². The average Bonchev–Trinajstić information content (AvgIpc) is 3.30. The van der Waals surface area contributed by atoms with E-state index in [4.69, 9.17) is 22.1 Å². The largest absolute Gasteiger partial charge is 0.447 e. The Labute approximate surface area is 195 Å². The molecule has 0 bridgehead atoms. The minimum atomic E-state index is -4.68. The van der Waals surface area contributed by atoms with Gasteiger partial charge in [-0.15, -0.1) is 11.6 Å². The molecule has 2 amide bonds. The fourth-order valence-corrected chi connectivity index (χ4v) is 3.65. The van der Waals surface area contributed by atoms with E-state index < -0.39 is 59.0 Å². The number of alkyl halides is 1. The third-order valence-corrected chi connectivity index (χ3v) is 5.54. The van der Waals surface area contributed by atoms with Crippen LogP contribution in [-0.4, -0.2) is 94.1 Å². The van der Waals surface area contributed by atoms with E-state index in [1.54, 1.807) is 0 Å². The van der Waals surface area contributed by atoms with Crippen LogP contribution in [0.25, 0.3) is 11.2 Å². The number of carbonyl (C=O) groups excluding carboxylic acids is 2. The highest BCUT2D eigenvalue weighted by Crippen LogP contribution is 2.31. The Morgan fingerprint density at radius 3 is 2.79 bits per heavy atom. The summed E-state index contributed by atoms with van der Waals surface area (Å²) in [4.78, 5) is 44.4. The highest BCUT2D eigenvalue weighted by atomic mass is 35.5. The van der Waals surface area contributed by atoms with Crippen molar-refractivity contribution in [3.63, 3.8) is 0 Å². The number of imidazole rings is 1. The number of nitrogens with one attached hydrogen (secondary N) is 3. The number of hydrogen-bond donors (Lipinski definition) is 6. The summed E-state index contributed by atoms with van der Waals surface area (Å²) in [7, 11) is -4.68. The van der Waals surface area contributed by atoms with Gasteiger partial charge in [-0.3, -0.25) is 23.3 Å². The number of amides is 2. The number of ether oxygens (including phenoxy) is 2. The number of nitrogens with zero attached hydrogens (tertiary/aromatic N) is 3. The molecule has 0 radical (unpaired) electrons. The van der Waals surface area contributed by atoms with Crippen LogP contribution in [0.5, 0.6) is 0 Å². The molecular weight excluding hydrogens is 506 g/mol. The number of H-pyrrole nitrogens is 1. The van der Waals surface area contributed by atoms with E-state index in [2.05, 4.69) is 29.2 Å². The Morgan fingerprint density at radius 1 is 1.35 bits per heavy atom. The first-order valence-electron chi connectivity index (χ1n) is 9.43. The predicted molar refractivity (Wildman–Crippen MR) is 112 cm³/mol. The summed E-state index contributed by atoms with van der Waals surface area (Å²) in [5.74, 6) is -1.02. The molecule has 3 heterocycles. The van der Waals surface area contributed by atoms with E-state index in [9.17, 15) is 33.0 Å². The monoisotopic (exact) mass is 525 g/mol. The third-order valence-electron chi connectivity index (χ3n) is 4.44. The number of fused-ring (bicyclic) bond motifs is 1. The molecule has 1 aliphatic rings. The molecule has 7 N–H and O–H groups in total. The van der Waals surface area contributed by atoms with Gasteiger partial charge in [-0.2, -0.15) is 18.1 Å². The first-order chi connectivity index (χ1) is 16.0. The van der Waals surface area contributed by atoms with E-state index in [1.165, 1.54) is 4.72 Å². The first-order valence-corrected chi connectivity index (χ1v) is 11.4. The maximum absolute atomic E-state index is 11.9. The lowest BCUT2D eigenvalue weighted by Crippen LogP contribution is -2.38. The average molecular weight is 526 g/mol. The van der Waals surface area contributed by atoms with Crippen molar-refractivity contribution in [1.29, 1.82) is 0 Å². The topological polar surface area (TPSA) is 250 Å². The van der Waals surface area contributed by atoms with Gasteiger partial charge in [-0.1, -0.05) is 0 Å². The Hall–Kier alpha value is -3.03. The molecule has 0 unspecified atom stereocenters. The van der Waals surface area contributed by atoms with E-state index in [0.29, 0.717) is 0 Å². The van der Waals surface area contributed by atoms with Crippen LogP contribution in [0.3, 0.4) is 0 Å². The van der Waals surface area contributed by atoms with Gasteiger partial charge in [0.25, 0.3) is 5.56 Å². The van der Waals surface area contributed by atoms with E-state index in [0.717, 1.165) is 10.9 Å². The zero-order valence-electron chi connectivity index (χ0n) is 17.1. The molecule has 17 nitrogen and oxygen atoms in total. The molecule has 0 spiro atoms. The highest BCUT2D eigenvalue weighted by molar-refractivity contribution is 7.85. The van der Waals surface area contributed by atoms with Crippen molar-refractivity contribution < 1.29 is 41.9 Å². The normalized spacial score (nSPS) is 22.6. The summed E-state index contributed by atoms with van der Waals surface area (Å²) >= 11 is 5.27. The summed E-state index contributed by atoms with van der Waals surface area (Å²) in [6, 6.07) is 0. The predicted octanol–water partition coefficient (Wildman–Crippen LogP) is -3.34. The molecule has 3 rings (SSSR count). The molecular formula is C15H20ClN7O10S. The van der Waals surface area contributed by atoms with Crippen LogP contribution in [0.4, 0.5) is 10.7 Å². The molecule has 34 heavy (non-hydrogen) atoms. The zero-order valence-corrected chi connectivity index (χ0v) is 18.7. The van der Waals surface area contributed by atoms with Gasteiger partial charge in [0.2, 0.25) is 11.9 Å². The van der Waals surface area contributed by atoms with Crippen LogP contribution in [0.1, 0.15) is 6.23 Å². The van der Waals surface area contributed by atoms with Crippen LogP contribution in [0.15, 0.2) is 11.1 Å². The summed E-state index contributed by atoms with van der Waals surface area (Å²) in [6.45, 7) is -1.25. The lowest BCUT2D eigenvalue weighted by molar-refractivity contribution is -0.118. The van der Waals surface area contributed by atoms with Crippen LogP contribution in [0, 0.1) is 0 Å². The van der Waals surface area contributed by atoms with Crippen LogP contribution in [-0.2, 0) is 28.8 Å². The number of aliphatic hydroxyl groups excluding tert-OH is 2. The maximum Gasteiger partial charge on any atom is 0.422 e. The van der Waals surface area contributed by atoms with Crippen LogP contribution in [0.2, 0.25) is 0 Å². The quantitative estimate of drug-likeness (QED) is 0.138. The fourth-order valence-electron chi connectivity index (χ4n) is 2.93. The minimum Gasteiger partial charge on any atom is -0.447 e. The second kappa shape index (κ2) is 10.5. The molecule has 0 saturated carbocycles. The van der Waals surface area contributed by atoms with Gasteiger partial charge < -0.3 is 30.7 Å². The van der Waals surface area contributed by atoms with Gasteiger partial charge in [0.05, 0.1) is 19.5 Å². The van der Waals surface area contributed by atoms with Crippen molar-refractivity contribution in [3.8, 4) is 0 Å². The SMILES string of the molecule is Nc1nc2c(ncn2[C@@H]2O[C@H](COS(=O)(=O)NC(=O)OCCNC(=O)CCl)[C@@H](O)[C@H]2O)c(=O)[nH]1. The maximum atomic E-state index is 11.9. The number of nitrogen functional groups attached to an aromatic ring is 1. The third kappa shape index (κ3) is 5.90. The molecule has 1 aliphatic heterocycles. The lowest BCUT2D eigenvalue weighted by atomic mass is 10.1. The molecule has 2 aromatic heterocycles. The lowest BCUT2D eigenvalue weighted by Gasteiger charge is -2.16. The number of hydrogen-bond acceptors (Lipinski definition) is 13. The Morgan fingerprint density at radius 2 is 2.09 bits per heavy atom. The number of aromatic nitrogens is 4. The van der Waals surface area contributed by atoms with Crippen molar-refractivity contribution in [2.24, 2.45) is 0 Å². The smallest absolute Gasteiger partial charge is 0.422 e. The standard InChI is InChI=1S/C15H20ClN7O10S/c16-3-7(24)18-1-2-31-15(28)22-34(29,30)32-4-6-9(25)10(26)13(33-6)23-5-19-8-11(23)20-14(17)21-12(8)27/h5-6,9-10,13,25-26H,1-4H2,(H,18,24)(H,22,28)(H3,17,20,21,27)/t6-,9-,10-,13-/m1/s1. The number of nitrogens with two attached hydrogens (primary N) is 1. The fraction of sp³-hybridized carbons (Fsp3) is 0.533. The van der Waals surface area contributed by atoms with Gasteiger partial charge in [0, 0.05) is 0 Å². The molecule has 0 aliphatic carbocycles. The Kier molecular flexibility index (Phi) is 7.89. The first kappa shape index (κ1) is 25.6. The van der Waals surface area contributed by atoms with Crippen molar-refractivity contribution in [3.05, 3.63) is 16.7 Å². The molecule has 1 fully saturated rings. The number of anilines is 1. The molecule has 188 valence electrons. The summed E-state index contributed by atoms with van der Waals surface area (Å²) in [5.41, 5.74) is 4.73. The van der Waals surface area contributed by atoms with E-state index in [-0.39, 0.29) is 36.1 Å². The Balaban J connectivity index is 1.57. The molecule has 19 heteroatoms. The molecule has 0 aromatic carbocycles. The number of carbonyl (C=O) groups is 2. The van der Waals surface area contributed by atoms with Crippen molar-refractivity contribution >= 4 is 51.0 Å². The second-order valence-electron chi connectivity index (χ2n) is 6.78. The van der Waals surface area contributed by atoms with E-state index >= 15 is 0 Å². The van der Waals surface area contributed by atoms with Gasteiger partial charge in [-0.05, 0) is 0 Å². The summed E-state index contributed by atoms with van der Waals surface area (Å²) in [5, 5.41) is 22.9. The summed E-state index contributed by atoms with van der Waals surface area (Å²) in [6.07, 6.45) is -6.14. The number of rotatable bonds is 9. The van der Waals surface area contributed by atoms with Crippen LogP contribution < -0.4 is 21.3 Å². The molecule has 4 atom stereocenters. The van der Waals surface area contributed by atoms with Crippen molar-refractivity contribution in [2.75, 3.05) is 31.4 Å². The number of halogens is 1. The van der Waals surface area contributed by atoms with Gasteiger partial charge >= 0.3 is 16.4 Å². The molecule has 1 saturated heterocycles. The van der Waals surface area contributed by atoms with Crippen LogP contribution >= 0.6 is 11.6 Å². The van der Waals surface area contributed by atoms with Crippen molar-refractivity contribution in [2.45, 2.75) is 24.5 Å². The summed E-state index contributed by atoms with van der Waals surface area (Å²) < 4.78 is 41.1. The number of aliphatic hydroxyl groups is 2. The zero-order chi connectivity index (χ0) is 25.0. The molecule has 2 aromatic rings. The highest BCUT2D eigenvalue weighted by Gasteiger charge is 2.45. The Bertz CT molecular complexity index is 1220.